The number of hydrogen-bond acceptors (Lipinski definition) is 5. The molecular weight excluding hydrogens is 368 g/mol. The van der Waals surface area contributed by atoms with Crippen molar-refractivity contribution in [2.45, 2.75) is 4.90 Å². The second kappa shape index (κ2) is 7.98. The first-order valence-corrected chi connectivity index (χ1v) is 9.97. The lowest BCUT2D eigenvalue weighted by Gasteiger charge is -2.34. The number of ether oxygens (including phenoxy) is 2. The molecule has 2 aromatic rings. The van der Waals surface area contributed by atoms with Crippen molar-refractivity contribution >= 4 is 15.9 Å². The number of piperazine rings is 1. The lowest BCUT2D eigenvalue weighted by molar-refractivity contribution is 0.0698. The van der Waals surface area contributed by atoms with Crippen LogP contribution in [0, 0.1) is 0 Å². The topological polar surface area (TPSA) is 76.2 Å². The van der Waals surface area contributed by atoms with Crippen LogP contribution in [0.1, 0.15) is 10.4 Å². The molecule has 0 radical (unpaired) electrons. The zero-order valence-corrected chi connectivity index (χ0v) is 16.1. The van der Waals surface area contributed by atoms with E-state index in [9.17, 15) is 13.2 Å². The zero-order chi connectivity index (χ0) is 19.4. The van der Waals surface area contributed by atoms with Crippen molar-refractivity contribution in [3.8, 4) is 11.5 Å². The molecule has 7 nitrogen and oxygen atoms in total. The summed E-state index contributed by atoms with van der Waals surface area (Å²) in [6, 6.07) is 13.2. The average molecular weight is 390 g/mol. The van der Waals surface area contributed by atoms with Crippen LogP contribution in [0.2, 0.25) is 0 Å². The van der Waals surface area contributed by atoms with E-state index in [-0.39, 0.29) is 23.9 Å². The van der Waals surface area contributed by atoms with Crippen LogP contribution in [0.3, 0.4) is 0 Å². The van der Waals surface area contributed by atoms with Crippen molar-refractivity contribution < 1.29 is 22.7 Å². The highest BCUT2D eigenvalue weighted by molar-refractivity contribution is 7.89. The van der Waals surface area contributed by atoms with Crippen molar-refractivity contribution in [2.75, 3.05) is 40.4 Å². The summed E-state index contributed by atoms with van der Waals surface area (Å²) in [7, 11) is -0.487. The van der Waals surface area contributed by atoms with Gasteiger partial charge in [-0.1, -0.05) is 0 Å². The number of methoxy groups -OCH3 is 2. The second-order valence-electron chi connectivity index (χ2n) is 6.10. The van der Waals surface area contributed by atoms with Crippen molar-refractivity contribution in [1.82, 2.24) is 9.21 Å². The summed E-state index contributed by atoms with van der Waals surface area (Å²) in [5.41, 5.74) is 0.558. The summed E-state index contributed by atoms with van der Waals surface area (Å²) in [6.07, 6.45) is 0. The van der Waals surface area contributed by atoms with Crippen LogP contribution in [-0.2, 0) is 10.0 Å². The van der Waals surface area contributed by atoms with E-state index in [4.69, 9.17) is 9.47 Å². The third-order valence-corrected chi connectivity index (χ3v) is 6.47. The van der Waals surface area contributed by atoms with Crippen LogP contribution < -0.4 is 9.47 Å². The predicted octanol–water partition coefficient (Wildman–Crippen LogP) is 1.85. The standard InChI is InChI=1S/C19H22N2O5S/c1-25-16-5-3-15(4-6-16)19(22)20-11-13-21(14-12-20)27(23,24)18-9-7-17(26-2)8-10-18/h3-10H,11-14H2,1-2H3. The van der Waals surface area contributed by atoms with Gasteiger partial charge in [-0.05, 0) is 48.5 Å². The van der Waals surface area contributed by atoms with Crippen molar-refractivity contribution in [1.29, 1.82) is 0 Å². The van der Waals surface area contributed by atoms with Crippen LogP contribution in [0.5, 0.6) is 11.5 Å². The molecule has 1 aliphatic heterocycles. The Labute approximate surface area is 159 Å². The number of sulfonamides is 1. The lowest BCUT2D eigenvalue weighted by atomic mass is 10.2. The van der Waals surface area contributed by atoms with Gasteiger partial charge in [-0.3, -0.25) is 4.79 Å². The molecule has 3 rings (SSSR count). The molecule has 1 heterocycles. The van der Waals surface area contributed by atoms with E-state index in [1.165, 1.54) is 23.5 Å². The van der Waals surface area contributed by atoms with Gasteiger partial charge in [-0.15, -0.1) is 0 Å². The zero-order valence-electron chi connectivity index (χ0n) is 15.3. The van der Waals surface area contributed by atoms with Crippen LogP contribution in [0.15, 0.2) is 53.4 Å². The van der Waals surface area contributed by atoms with Crippen molar-refractivity contribution in [2.24, 2.45) is 0 Å². The maximum Gasteiger partial charge on any atom is 0.253 e. The molecule has 1 fully saturated rings. The monoisotopic (exact) mass is 390 g/mol. The summed E-state index contributed by atoms with van der Waals surface area (Å²) >= 11 is 0. The van der Waals surface area contributed by atoms with Gasteiger partial charge < -0.3 is 14.4 Å². The normalized spacial score (nSPS) is 15.4. The molecule has 0 N–H and O–H groups in total. The number of rotatable bonds is 5. The fourth-order valence-corrected chi connectivity index (χ4v) is 4.37. The fourth-order valence-electron chi connectivity index (χ4n) is 2.94. The van der Waals surface area contributed by atoms with E-state index in [0.29, 0.717) is 30.2 Å². The third-order valence-electron chi connectivity index (χ3n) is 4.56. The fraction of sp³-hybridized carbons (Fsp3) is 0.316. The minimum Gasteiger partial charge on any atom is -0.497 e. The summed E-state index contributed by atoms with van der Waals surface area (Å²) < 4.78 is 37.1. The molecule has 0 aromatic heterocycles. The highest BCUT2D eigenvalue weighted by Gasteiger charge is 2.30. The van der Waals surface area contributed by atoms with Gasteiger partial charge in [0.15, 0.2) is 0 Å². The van der Waals surface area contributed by atoms with Gasteiger partial charge >= 0.3 is 0 Å². The number of carbonyl (C=O) groups excluding carboxylic acids is 1. The Hall–Kier alpha value is -2.58. The smallest absolute Gasteiger partial charge is 0.253 e. The largest absolute Gasteiger partial charge is 0.497 e. The molecule has 2 aromatic carbocycles. The molecule has 8 heteroatoms. The number of amides is 1. The first-order chi connectivity index (χ1) is 13.0. The SMILES string of the molecule is COc1ccc(C(=O)N2CCN(S(=O)(=O)c3ccc(OC)cc3)CC2)cc1. The first-order valence-electron chi connectivity index (χ1n) is 8.53. The quantitative estimate of drug-likeness (QED) is 0.779. The molecule has 0 atom stereocenters. The molecule has 0 aliphatic carbocycles. The average Bonchev–Trinajstić information content (AvgIpc) is 2.73. The molecule has 0 unspecified atom stereocenters. The Balaban J connectivity index is 1.65. The molecular formula is C19H22N2O5S. The Morgan fingerprint density at radius 2 is 1.30 bits per heavy atom. The predicted molar refractivity (Wildman–Crippen MR) is 101 cm³/mol. The maximum atomic E-state index is 12.8. The minimum absolute atomic E-state index is 0.112. The van der Waals surface area contributed by atoms with Gasteiger partial charge in [0.2, 0.25) is 10.0 Å². The minimum atomic E-state index is -3.59. The van der Waals surface area contributed by atoms with Gasteiger partial charge in [-0.2, -0.15) is 4.31 Å². The lowest BCUT2D eigenvalue weighted by Crippen LogP contribution is -2.50. The van der Waals surface area contributed by atoms with Crippen LogP contribution in [0.25, 0.3) is 0 Å². The van der Waals surface area contributed by atoms with Crippen LogP contribution in [0.4, 0.5) is 0 Å². The molecule has 1 amide bonds. The summed E-state index contributed by atoms with van der Waals surface area (Å²) in [5.74, 6) is 1.17. The van der Waals surface area contributed by atoms with E-state index < -0.39 is 10.0 Å². The van der Waals surface area contributed by atoms with Gasteiger partial charge in [-0.25, -0.2) is 8.42 Å². The van der Waals surface area contributed by atoms with E-state index in [0.717, 1.165) is 0 Å². The maximum absolute atomic E-state index is 12.8. The summed E-state index contributed by atoms with van der Waals surface area (Å²) in [4.78, 5) is 14.5. The molecule has 0 bridgehead atoms. The van der Waals surface area contributed by atoms with E-state index in [1.54, 1.807) is 48.4 Å². The van der Waals surface area contributed by atoms with E-state index in [2.05, 4.69) is 0 Å². The second-order valence-corrected chi connectivity index (χ2v) is 8.04. The Kier molecular flexibility index (Phi) is 5.67. The van der Waals surface area contributed by atoms with E-state index >= 15 is 0 Å². The number of carbonyl (C=O) groups is 1. The first kappa shape index (κ1) is 19.2. The molecule has 0 spiro atoms. The molecule has 1 saturated heterocycles. The van der Waals surface area contributed by atoms with Crippen LogP contribution >= 0.6 is 0 Å². The third kappa shape index (κ3) is 4.06. The van der Waals surface area contributed by atoms with Gasteiger partial charge in [0.05, 0.1) is 19.1 Å². The molecule has 144 valence electrons. The highest BCUT2D eigenvalue weighted by Crippen LogP contribution is 2.21. The Morgan fingerprint density at radius 1 is 0.815 bits per heavy atom. The van der Waals surface area contributed by atoms with Crippen LogP contribution in [-0.4, -0.2) is 63.9 Å². The highest BCUT2D eigenvalue weighted by atomic mass is 32.2. The van der Waals surface area contributed by atoms with Crippen molar-refractivity contribution in [3.05, 3.63) is 54.1 Å². The summed E-state index contributed by atoms with van der Waals surface area (Å²) in [5, 5.41) is 0. The molecule has 27 heavy (non-hydrogen) atoms. The number of hydrogen-bond donors (Lipinski definition) is 0. The number of benzene rings is 2. The van der Waals surface area contributed by atoms with Crippen molar-refractivity contribution in [3.63, 3.8) is 0 Å². The Bertz CT molecular complexity index is 887. The van der Waals surface area contributed by atoms with Gasteiger partial charge in [0, 0.05) is 31.7 Å². The number of nitrogens with zero attached hydrogens (tertiary/aromatic N) is 2. The molecule has 0 saturated carbocycles. The Morgan fingerprint density at radius 3 is 1.78 bits per heavy atom. The summed E-state index contributed by atoms with van der Waals surface area (Å²) in [6.45, 7) is 1.22. The van der Waals surface area contributed by atoms with E-state index in [1.807, 2.05) is 0 Å². The van der Waals surface area contributed by atoms with Gasteiger partial charge in [0.25, 0.3) is 5.91 Å². The molecule has 1 aliphatic rings. The van der Waals surface area contributed by atoms with Gasteiger partial charge in [0.1, 0.15) is 11.5 Å².